The largest absolute Gasteiger partial charge is 0.494 e. The summed E-state index contributed by atoms with van der Waals surface area (Å²) in [6.45, 7) is 5.75. The summed E-state index contributed by atoms with van der Waals surface area (Å²) in [5.41, 5.74) is 3.57. The summed E-state index contributed by atoms with van der Waals surface area (Å²) in [7, 11) is 3.84. The molecule has 1 saturated carbocycles. The predicted molar refractivity (Wildman–Crippen MR) is 152 cm³/mol. The van der Waals surface area contributed by atoms with E-state index < -0.39 is 11.4 Å². The average molecular weight is 516 g/mol. The van der Waals surface area contributed by atoms with E-state index in [4.69, 9.17) is 9.72 Å². The van der Waals surface area contributed by atoms with Crippen molar-refractivity contribution in [2.24, 2.45) is 22.7 Å². The van der Waals surface area contributed by atoms with Crippen molar-refractivity contribution < 1.29 is 14.6 Å². The highest BCUT2D eigenvalue weighted by atomic mass is 16.5. The number of aromatic nitrogens is 2. The zero-order valence-electron chi connectivity index (χ0n) is 23.2. The molecular formula is C32H41N3O3. The van der Waals surface area contributed by atoms with Gasteiger partial charge in [0, 0.05) is 6.42 Å². The number of ether oxygens (including phenoxy) is 1. The van der Waals surface area contributed by atoms with Crippen LogP contribution in [-0.2, 0) is 11.2 Å². The fraction of sp³-hybridized carbons (Fsp3) is 0.500. The Labute approximate surface area is 226 Å². The van der Waals surface area contributed by atoms with Gasteiger partial charge in [-0.15, -0.1) is 0 Å². The highest BCUT2D eigenvalue weighted by Crippen LogP contribution is 2.62. The van der Waals surface area contributed by atoms with E-state index in [2.05, 4.69) is 53.3 Å². The van der Waals surface area contributed by atoms with Crippen molar-refractivity contribution in [3.05, 3.63) is 66.0 Å². The number of carbonyl (C=O) groups is 1. The number of aryl methyl sites for hydroxylation is 1. The molecule has 3 aromatic rings. The van der Waals surface area contributed by atoms with Gasteiger partial charge in [-0.25, -0.2) is 4.98 Å². The summed E-state index contributed by atoms with van der Waals surface area (Å²) >= 11 is 0. The summed E-state index contributed by atoms with van der Waals surface area (Å²) in [6, 6.07) is 16.6. The number of nitrogens with zero attached hydrogens (tertiary/aromatic N) is 2. The second-order valence-electron chi connectivity index (χ2n) is 11.9. The summed E-state index contributed by atoms with van der Waals surface area (Å²) < 4.78 is 5.44. The predicted octanol–water partition coefficient (Wildman–Crippen LogP) is 6.44. The first-order chi connectivity index (χ1) is 18.2. The second kappa shape index (κ2) is 10.6. The third kappa shape index (κ3) is 4.75. The Morgan fingerprint density at radius 1 is 1.16 bits per heavy atom. The topological polar surface area (TPSA) is 78.5 Å². The number of para-hydroxylation sites is 1. The lowest BCUT2D eigenvalue weighted by atomic mass is 9.46. The van der Waals surface area contributed by atoms with E-state index in [9.17, 15) is 9.90 Å². The lowest BCUT2D eigenvalue weighted by molar-refractivity contribution is -0.162. The maximum absolute atomic E-state index is 12.6. The SMILES string of the molecule is COc1cccc2[nH]c(CCCN(C)CC[C@]3(C(C)(C)C(=O)O)C[C@H]4CC[C@@H]3C=C4c3ccccc3)nc12. The number of H-pyrrole nitrogens is 1. The molecule has 6 rings (SSSR count). The molecular weight excluding hydrogens is 474 g/mol. The van der Waals surface area contributed by atoms with E-state index in [0.717, 1.165) is 74.2 Å². The van der Waals surface area contributed by atoms with Gasteiger partial charge in [0.15, 0.2) is 0 Å². The number of hydrogen-bond acceptors (Lipinski definition) is 4. The van der Waals surface area contributed by atoms with Crippen molar-refractivity contribution in [3.8, 4) is 5.75 Å². The molecule has 2 bridgehead atoms. The number of benzene rings is 2. The minimum absolute atomic E-state index is 0.246. The van der Waals surface area contributed by atoms with Crippen LogP contribution in [0.4, 0.5) is 0 Å². The fourth-order valence-corrected chi connectivity index (χ4v) is 7.06. The van der Waals surface area contributed by atoms with Gasteiger partial charge in [-0.05, 0) is 107 Å². The number of hydrogen-bond donors (Lipinski definition) is 2. The zero-order valence-corrected chi connectivity index (χ0v) is 23.2. The Hall–Kier alpha value is -3.12. The smallest absolute Gasteiger partial charge is 0.309 e. The van der Waals surface area contributed by atoms with Crippen molar-refractivity contribution in [1.82, 2.24) is 14.9 Å². The molecule has 2 N–H and O–H groups in total. The first kappa shape index (κ1) is 26.5. The van der Waals surface area contributed by atoms with Crippen molar-refractivity contribution in [2.45, 2.75) is 52.4 Å². The monoisotopic (exact) mass is 515 g/mol. The third-order valence-corrected chi connectivity index (χ3v) is 9.49. The number of carboxylic acid groups (broad SMARTS) is 1. The molecule has 0 aliphatic heterocycles. The van der Waals surface area contributed by atoms with E-state index >= 15 is 0 Å². The molecule has 38 heavy (non-hydrogen) atoms. The van der Waals surface area contributed by atoms with Crippen LogP contribution in [0.15, 0.2) is 54.6 Å². The highest BCUT2D eigenvalue weighted by Gasteiger charge is 2.58. The van der Waals surface area contributed by atoms with Crippen molar-refractivity contribution in [3.63, 3.8) is 0 Å². The van der Waals surface area contributed by atoms with Crippen molar-refractivity contribution >= 4 is 22.6 Å². The zero-order chi connectivity index (χ0) is 26.9. The summed E-state index contributed by atoms with van der Waals surface area (Å²) in [6.07, 6.45) is 8.36. The van der Waals surface area contributed by atoms with E-state index in [-0.39, 0.29) is 11.3 Å². The number of imidazole rings is 1. The maximum Gasteiger partial charge on any atom is 0.309 e. The highest BCUT2D eigenvalue weighted by molar-refractivity contribution is 5.81. The van der Waals surface area contributed by atoms with Crippen molar-refractivity contribution in [1.29, 1.82) is 0 Å². The molecule has 3 atom stereocenters. The van der Waals surface area contributed by atoms with E-state index in [1.165, 1.54) is 11.1 Å². The molecule has 0 saturated heterocycles. The summed E-state index contributed by atoms with van der Waals surface area (Å²) in [5.74, 6) is 1.80. The average Bonchev–Trinajstić information content (AvgIpc) is 3.35. The number of aromatic amines is 1. The summed E-state index contributed by atoms with van der Waals surface area (Å²) in [4.78, 5) is 23.1. The molecule has 2 aromatic carbocycles. The van der Waals surface area contributed by atoms with Gasteiger partial charge in [0.2, 0.25) is 0 Å². The molecule has 6 nitrogen and oxygen atoms in total. The van der Waals surface area contributed by atoms with Gasteiger partial charge in [-0.3, -0.25) is 4.79 Å². The Morgan fingerprint density at radius 3 is 2.63 bits per heavy atom. The molecule has 3 aliphatic carbocycles. The number of allylic oxidation sites excluding steroid dienone is 2. The van der Waals surface area contributed by atoms with E-state index in [1.54, 1.807) is 7.11 Å². The van der Waals surface area contributed by atoms with Gasteiger partial charge in [-0.1, -0.05) is 42.5 Å². The molecule has 1 aromatic heterocycles. The second-order valence-corrected chi connectivity index (χ2v) is 11.9. The Kier molecular flexibility index (Phi) is 7.36. The number of fused-ring (bicyclic) bond motifs is 3. The van der Waals surface area contributed by atoms with Crippen LogP contribution in [0.1, 0.15) is 57.3 Å². The Balaban J connectivity index is 1.26. The standard InChI is InChI=1S/C32H41N3O3/c1-31(2,30(36)37)32(21-23-15-16-24(32)20-25(23)22-10-6-5-7-11-22)17-19-35(3)18-9-14-28-33-26-12-8-13-27(38-4)29(26)34-28/h5-8,10-13,20,23-24H,9,14-19,21H2,1-4H3,(H,33,34)(H,36,37)/t23-,24-,32+/m1/s1. The van der Waals surface area contributed by atoms with Gasteiger partial charge < -0.3 is 19.7 Å². The van der Waals surface area contributed by atoms with Gasteiger partial charge in [-0.2, -0.15) is 0 Å². The van der Waals surface area contributed by atoms with Gasteiger partial charge in [0.1, 0.15) is 17.1 Å². The molecule has 0 unspecified atom stereocenters. The van der Waals surface area contributed by atoms with Gasteiger partial charge in [0.25, 0.3) is 0 Å². The van der Waals surface area contributed by atoms with Gasteiger partial charge in [0.05, 0.1) is 18.0 Å². The lowest BCUT2D eigenvalue weighted by Crippen LogP contribution is -2.54. The Morgan fingerprint density at radius 2 is 1.95 bits per heavy atom. The van der Waals surface area contributed by atoms with Crippen LogP contribution in [0.5, 0.6) is 5.75 Å². The molecule has 3 aliphatic rings. The summed E-state index contributed by atoms with van der Waals surface area (Å²) in [5, 5.41) is 10.3. The quantitative estimate of drug-likeness (QED) is 0.307. The number of rotatable bonds is 11. The number of aliphatic carboxylic acids is 1. The minimum Gasteiger partial charge on any atom is -0.494 e. The fourth-order valence-electron chi connectivity index (χ4n) is 7.06. The molecule has 0 spiro atoms. The van der Waals surface area contributed by atoms with E-state index in [1.807, 2.05) is 32.0 Å². The first-order valence-corrected chi connectivity index (χ1v) is 14.0. The van der Waals surface area contributed by atoms with Gasteiger partial charge >= 0.3 is 5.97 Å². The normalized spacial score (nSPS) is 23.1. The molecule has 1 heterocycles. The van der Waals surface area contributed by atoms with Crippen LogP contribution in [0.25, 0.3) is 16.6 Å². The van der Waals surface area contributed by atoms with Crippen LogP contribution in [0, 0.1) is 22.7 Å². The van der Waals surface area contributed by atoms with Crippen LogP contribution in [-0.4, -0.2) is 53.2 Å². The molecule has 0 radical (unpaired) electrons. The van der Waals surface area contributed by atoms with Crippen molar-refractivity contribution in [2.75, 3.05) is 27.2 Å². The molecule has 0 amide bonds. The van der Waals surface area contributed by atoms with Crippen LogP contribution < -0.4 is 4.74 Å². The number of carboxylic acids is 1. The molecule has 202 valence electrons. The minimum atomic E-state index is -0.788. The third-order valence-electron chi connectivity index (χ3n) is 9.49. The number of nitrogens with one attached hydrogen (secondary N) is 1. The lowest BCUT2D eigenvalue weighted by Gasteiger charge is -2.57. The first-order valence-electron chi connectivity index (χ1n) is 14.0. The maximum atomic E-state index is 12.6. The van der Waals surface area contributed by atoms with Crippen LogP contribution in [0.3, 0.4) is 0 Å². The van der Waals surface area contributed by atoms with Crippen LogP contribution in [0.2, 0.25) is 0 Å². The molecule has 1 fully saturated rings. The van der Waals surface area contributed by atoms with Crippen LogP contribution >= 0.6 is 0 Å². The Bertz CT molecular complexity index is 1310. The number of methoxy groups -OCH3 is 1. The van der Waals surface area contributed by atoms with E-state index in [0.29, 0.717) is 5.92 Å². The molecule has 6 heteroatoms.